The minimum Gasteiger partial charge on any atom is -0.492 e. The SMILES string of the molecule is COc1c2c(c(C(=O)O)c3c1OCC3)OCC2. The van der Waals surface area contributed by atoms with Crippen LogP contribution in [0.15, 0.2) is 0 Å². The van der Waals surface area contributed by atoms with Crippen molar-refractivity contribution in [2.24, 2.45) is 0 Å². The molecule has 0 saturated carbocycles. The van der Waals surface area contributed by atoms with Crippen LogP contribution in [0.1, 0.15) is 21.5 Å². The van der Waals surface area contributed by atoms with Gasteiger partial charge in [0.2, 0.25) is 0 Å². The molecule has 5 nitrogen and oxygen atoms in total. The zero-order valence-electron chi connectivity index (χ0n) is 9.41. The Balaban J connectivity index is 2.34. The maximum Gasteiger partial charge on any atom is 0.339 e. The number of fused-ring (bicyclic) bond motifs is 2. The summed E-state index contributed by atoms with van der Waals surface area (Å²) in [5.41, 5.74) is 1.74. The third kappa shape index (κ3) is 1.28. The lowest BCUT2D eigenvalue weighted by atomic mass is 9.98. The lowest BCUT2D eigenvalue weighted by molar-refractivity contribution is 0.0692. The van der Waals surface area contributed by atoms with E-state index in [4.69, 9.17) is 14.2 Å². The number of carboxylic acids is 1. The number of carbonyl (C=O) groups is 1. The second kappa shape index (κ2) is 3.55. The number of ether oxygens (including phenoxy) is 3. The molecule has 90 valence electrons. The first kappa shape index (κ1) is 10.3. The molecule has 0 spiro atoms. The highest BCUT2D eigenvalue weighted by Gasteiger charge is 2.34. The van der Waals surface area contributed by atoms with Crippen LogP contribution >= 0.6 is 0 Å². The van der Waals surface area contributed by atoms with Gasteiger partial charge in [-0.2, -0.15) is 0 Å². The molecule has 0 saturated heterocycles. The number of benzene rings is 1. The summed E-state index contributed by atoms with van der Waals surface area (Å²) < 4.78 is 16.3. The summed E-state index contributed by atoms with van der Waals surface area (Å²) in [6, 6.07) is 0. The average molecular weight is 236 g/mol. The monoisotopic (exact) mass is 236 g/mol. The van der Waals surface area contributed by atoms with E-state index in [1.807, 2.05) is 0 Å². The second-order valence-corrected chi connectivity index (χ2v) is 4.03. The molecule has 1 aromatic carbocycles. The van der Waals surface area contributed by atoms with Crippen LogP contribution in [-0.4, -0.2) is 31.4 Å². The van der Waals surface area contributed by atoms with Crippen LogP contribution in [0, 0.1) is 0 Å². The average Bonchev–Trinajstić information content (AvgIpc) is 2.92. The van der Waals surface area contributed by atoms with Crippen LogP contribution in [0.4, 0.5) is 0 Å². The van der Waals surface area contributed by atoms with Crippen molar-refractivity contribution in [2.75, 3.05) is 20.3 Å². The molecule has 1 aromatic rings. The number of hydrogen-bond acceptors (Lipinski definition) is 4. The van der Waals surface area contributed by atoms with Crippen molar-refractivity contribution in [1.29, 1.82) is 0 Å². The molecule has 0 bridgehead atoms. The fraction of sp³-hybridized carbons (Fsp3) is 0.417. The molecule has 1 N–H and O–H groups in total. The Bertz CT molecular complexity index is 471. The Morgan fingerprint density at radius 2 is 1.82 bits per heavy atom. The molecular weight excluding hydrogens is 224 g/mol. The molecule has 2 aliphatic rings. The van der Waals surface area contributed by atoms with Gasteiger partial charge in [0.15, 0.2) is 11.5 Å². The lowest BCUT2D eigenvalue weighted by Crippen LogP contribution is -2.05. The van der Waals surface area contributed by atoms with E-state index in [1.165, 1.54) is 0 Å². The van der Waals surface area contributed by atoms with E-state index in [9.17, 15) is 9.90 Å². The summed E-state index contributed by atoms with van der Waals surface area (Å²) in [5.74, 6) is 0.704. The van der Waals surface area contributed by atoms with Gasteiger partial charge in [-0.25, -0.2) is 4.79 Å². The highest BCUT2D eigenvalue weighted by Crippen LogP contribution is 2.48. The van der Waals surface area contributed by atoms with Gasteiger partial charge in [0.1, 0.15) is 11.3 Å². The number of aromatic carboxylic acids is 1. The van der Waals surface area contributed by atoms with Gasteiger partial charge < -0.3 is 19.3 Å². The predicted molar refractivity (Wildman–Crippen MR) is 58.4 cm³/mol. The molecule has 0 fully saturated rings. The van der Waals surface area contributed by atoms with E-state index in [2.05, 4.69) is 0 Å². The summed E-state index contributed by atoms with van der Waals surface area (Å²) in [5, 5.41) is 9.30. The first-order valence-electron chi connectivity index (χ1n) is 5.48. The van der Waals surface area contributed by atoms with Crippen LogP contribution < -0.4 is 14.2 Å². The van der Waals surface area contributed by atoms with Crippen molar-refractivity contribution in [2.45, 2.75) is 12.8 Å². The summed E-state index contributed by atoms with van der Waals surface area (Å²) in [6.45, 7) is 0.990. The molecule has 17 heavy (non-hydrogen) atoms. The molecule has 0 radical (unpaired) electrons. The Morgan fingerprint density at radius 3 is 2.47 bits per heavy atom. The van der Waals surface area contributed by atoms with Gasteiger partial charge in [-0.1, -0.05) is 0 Å². The first-order valence-corrected chi connectivity index (χ1v) is 5.48. The fourth-order valence-electron chi connectivity index (χ4n) is 2.51. The van der Waals surface area contributed by atoms with Gasteiger partial charge in [0.25, 0.3) is 0 Å². The van der Waals surface area contributed by atoms with Gasteiger partial charge in [-0.05, 0) is 0 Å². The smallest absolute Gasteiger partial charge is 0.339 e. The van der Waals surface area contributed by atoms with Crippen molar-refractivity contribution in [1.82, 2.24) is 0 Å². The standard InChI is InChI=1S/C12H12O5/c1-15-10-7-3-5-16-9(7)8(12(13)14)6-2-4-17-11(6)10/h2-5H2,1H3,(H,13,14). The van der Waals surface area contributed by atoms with Crippen LogP contribution in [0.2, 0.25) is 0 Å². The zero-order chi connectivity index (χ0) is 12.0. The lowest BCUT2D eigenvalue weighted by Gasteiger charge is -2.14. The molecule has 2 heterocycles. The Kier molecular flexibility index (Phi) is 2.14. The molecule has 0 amide bonds. The number of methoxy groups -OCH3 is 1. The first-order chi connectivity index (χ1) is 8.24. The predicted octanol–water partition coefficient (Wildman–Crippen LogP) is 1.26. The van der Waals surface area contributed by atoms with Crippen LogP contribution in [0.25, 0.3) is 0 Å². The molecule has 0 unspecified atom stereocenters. The van der Waals surface area contributed by atoms with Crippen molar-refractivity contribution >= 4 is 5.97 Å². The van der Waals surface area contributed by atoms with E-state index in [0.717, 1.165) is 5.56 Å². The second-order valence-electron chi connectivity index (χ2n) is 4.03. The fourth-order valence-corrected chi connectivity index (χ4v) is 2.51. The Morgan fingerprint density at radius 1 is 1.18 bits per heavy atom. The van der Waals surface area contributed by atoms with Gasteiger partial charge in [-0.15, -0.1) is 0 Å². The van der Waals surface area contributed by atoms with Crippen LogP contribution in [0.3, 0.4) is 0 Å². The molecular formula is C12H12O5. The summed E-state index contributed by atoms with van der Waals surface area (Å²) in [6.07, 6.45) is 1.25. The third-order valence-electron chi connectivity index (χ3n) is 3.17. The van der Waals surface area contributed by atoms with E-state index in [0.29, 0.717) is 48.9 Å². The maximum absolute atomic E-state index is 11.3. The van der Waals surface area contributed by atoms with E-state index in [-0.39, 0.29) is 5.56 Å². The molecule has 2 aliphatic heterocycles. The van der Waals surface area contributed by atoms with Gasteiger partial charge in [-0.3, -0.25) is 0 Å². The summed E-state index contributed by atoms with van der Waals surface area (Å²) in [4.78, 5) is 11.3. The van der Waals surface area contributed by atoms with Crippen molar-refractivity contribution < 1.29 is 24.1 Å². The van der Waals surface area contributed by atoms with Crippen LogP contribution in [-0.2, 0) is 12.8 Å². The van der Waals surface area contributed by atoms with E-state index < -0.39 is 5.97 Å². The maximum atomic E-state index is 11.3. The van der Waals surface area contributed by atoms with E-state index >= 15 is 0 Å². The molecule has 0 aromatic heterocycles. The van der Waals surface area contributed by atoms with E-state index in [1.54, 1.807) is 7.11 Å². The molecule has 0 atom stereocenters. The normalized spacial score (nSPS) is 15.8. The van der Waals surface area contributed by atoms with Crippen molar-refractivity contribution in [3.63, 3.8) is 0 Å². The largest absolute Gasteiger partial charge is 0.492 e. The number of carboxylic acid groups (broad SMARTS) is 1. The molecule has 0 aliphatic carbocycles. The molecule has 5 heteroatoms. The third-order valence-corrected chi connectivity index (χ3v) is 3.17. The van der Waals surface area contributed by atoms with Crippen LogP contribution in [0.5, 0.6) is 17.2 Å². The highest BCUT2D eigenvalue weighted by atomic mass is 16.5. The van der Waals surface area contributed by atoms with Gasteiger partial charge in [0, 0.05) is 24.0 Å². The van der Waals surface area contributed by atoms with Gasteiger partial charge in [0.05, 0.1) is 20.3 Å². The van der Waals surface area contributed by atoms with Gasteiger partial charge >= 0.3 is 5.97 Å². The Hall–Kier alpha value is -1.91. The Labute approximate surface area is 97.9 Å². The number of rotatable bonds is 2. The van der Waals surface area contributed by atoms with Crippen molar-refractivity contribution in [3.05, 3.63) is 16.7 Å². The quantitative estimate of drug-likeness (QED) is 0.837. The zero-order valence-corrected chi connectivity index (χ0v) is 9.41. The number of hydrogen-bond donors (Lipinski definition) is 1. The minimum absolute atomic E-state index is 0.241. The highest BCUT2D eigenvalue weighted by molar-refractivity contribution is 5.95. The minimum atomic E-state index is -0.965. The summed E-state index contributed by atoms with van der Waals surface area (Å²) >= 11 is 0. The summed E-state index contributed by atoms with van der Waals surface area (Å²) in [7, 11) is 1.57. The topological polar surface area (TPSA) is 65.0 Å². The van der Waals surface area contributed by atoms with Crippen molar-refractivity contribution in [3.8, 4) is 17.2 Å². The molecule has 3 rings (SSSR count).